The van der Waals surface area contributed by atoms with Crippen LogP contribution in [0.4, 0.5) is 0 Å². The van der Waals surface area contributed by atoms with Gasteiger partial charge in [0, 0.05) is 21.0 Å². The molecule has 4 rings (SSSR count). The van der Waals surface area contributed by atoms with Gasteiger partial charge < -0.3 is 0 Å². The molecule has 2 aliphatic heterocycles. The van der Waals surface area contributed by atoms with Crippen LogP contribution in [0, 0.1) is 0 Å². The molecule has 0 amide bonds. The Kier molecular flexibility index (Phi) is 6.01. The van der Waals surface area contributed by atoms with Gasteiger partial charge >= 0.3 is 0 Å². The lowest BCUT2D eigenvalue weighted by atomic mass is 9.81. The molecule has 4 heteroatoms. The maximum absolute atomic E-state index is 6.98. The summed E-state index contributed by atoms with van der Waals surface area (Å²) >= 11 is 18.0. The second-order valence-electron chi connectivity index (χ2n) is 8.37. The molecule has 0 nitrogen and oxygen atoms in total. The zero-order valence-electron chi connectivity index (χ0n) is 16.6. The van der Waals surface area contributed by atoms with Crippen LogP contribution in [0.2, 0.25) is 10.0 Å². The number of rotatable bonds is 0. The van der Waals surface area contributed by atoms with Gasteiger partial charge in [0.1, 0.15) is 0 Å². The van der Waals surface area contributed by atoms with Gasteiger partial charge in [0.25, 0.3) is 0 Å². The standard InChI is InChI=1S/C23H28Cl2S2/c1-12-6-5-7-26-10-14(3)20-18(24)9-17-13(2)11-27-15(4)21-19(25)8-16(12)22(20)23(17)21/h8-9,12-15H,5-7,10-11H2,1-4H3. The lowest BCUT2D eigenvalue weighted by Crippen LogP contribution is -2.09. The summed E-state index contributed by atoms with van der Waals surface area (Å²) in [7, 11) is 0. The predicted molar refractivity (Wildman–Crippen MR) is 127 cm³/mol. The summed E-state index contributed by atoms with van der Waals surface area (Å²) in [6.07, 6.45) is 2.48. The molecule has 146 valence electrons. The van der Waals surface area contributed by atoms with Crippen LogP contribution in [0.15, 0.2) is 12.1 Å². The molecule has 0 spiro atoms. The van der Waals surface area contributed by atoms with Crippen molar-refractivity contribution in [3.05, 3.63) is 44.4 Å². The molecular formula is C23H28Cl2S2. The van der Waals surface area contributed by atoms with Crippen molar-refractivity contribution in [3.63, 3.8) is 0 Å². The highest BCUT2D eigenvalue weighted by Crippen LogP contribution is 2.51. The first-order valence-electron chi connectivity index (χ1n) is 10.1. The van der Waals surface area contributed by atoms with E-state index in [0.717, 1.165) is 21.6 Å². The largest absolute Gasteiger partial charge is 0.161 e. The third-order valence-electron chi connectivity index (χ3n) is 6.30. The van der Waals surface area contributed by atoms with E-state index < -0.39 is 0 Å². The summed E-state index contributed by atoms with van der Waals surface area (Å²) in [6, 6.07) is 4.55. The number of thioether (sulfide) groups is 2. The minimum absolute atomic E-state index is 0.416. The van der Waals surface area contributed by atoms with Gasteiger partial charge in [0.05, 0.1) is 0 Å². The van der Waals surface area contributed by atoms with E-state index in [9.17, 15) is 0 Å². The Labute approximate surface area is 182 Å². The first kappa shape index (κ1) is 20.3. The minimum atomic E-state index is 0.416. The van der Waals surface area contributed by atoms with Crippen LogP contribution in [0.5, 0.6) is 0 Å². The first-order valence-corrected chi connectivity index (χ1v) is 13.0. The fraction of sp³-hybridized carbons (Fsp3) is 0.565. The van der Waals surface area contributed by atoms with Crippen molar-refractivity contribution in [1.29, 1.82) is 0 Å². The first-order chi connectivity index (χ1) is 12.9. The summed E-state index contributed by atoms with van der Waals surface area (Å²) in [5.74, 6) is 4.95. The molecule has 4 atom stereocenters. The Morgan fingerprint density at radius 3 is 2.19 bits per heavy atom. The van der Waals surface area contributed by atoms with E-state index in [1.165, 1.54) is 51.6 Å². The Morgan fingerprint density at radius 2 is 1.44 bits per heavy atom. The molecule has 0 fully saturated rings. The average molecular weight is 440 g/mol. The van der Waals surface area contributed by atoms with Gasteiger partial charge in [-0.25, -0.2) is 0 Å². The van der Waals surface area contributed by atoms with Crippen LogP contribution in [0.1, 0.15) is 85.8 Å². The van der Waals surface area contributed by atoms with Crippen LogP contribution in [-0.2, 0) is 0 Å². The van der Waals surface area contributed by atoms with Gasteiger partial charge in [-0.1, -0.05) is 44.0 Å². The van der Waals surface area contributed by atoms with E-state index in [-0.39, 0.29) is 0 Å². The summed E-state index contributed by atoms with van der Waals surface area (Å²) in [6.45, 7) is 9.37. The molecule has 27 heavy (non-hydrogen) atoms. The summed E-state index contributed by atoms with van der Waals surface area (Å²) < 4.78 is 0. The molecule has 0 aromatic heterocycles. The van der Waals surface area contributed by atoms with Crippen molar-refractivity contribution in [1.82, 2.24) is 0 Å². The second-order valence-corrected chi connectivity index (χ2v) is 11.7. The highest BCUT2D eigenvalue weighted by atomic mass is 35.5. The zero-order chi connectivity index (χ0) is 19.3. The van der Waals surface area contributed by atoms with Gasteiger partial charge in [-0.3, -0.25) is 0 Å². The quantitative estimate of drug-likeness (QED) is 0.402. The molecule has 0 N–H and O–H groups in total. The highest BCUT2D eigenvalue weighted by Gasteiger charge is 2.30. The Balaban J connectivity index is 2.17. The maximum Gasteiger partial charge on any atom is 0.0458 e. The van der Waals surface area contributed by atoms with Crippen molar-refractivity contribution in [2.45, 2.75) is 63.5 Å². The summed E-state index contributed by atoms with van der Waals surface area (Å²) in [5, 5.41) is 5.18. The van der Waals surface area contributed by atoms with Gasteiger partial charge in [0.15, 0.2) is 0 Å². The molecule has 0 radical (unpaired) electrons. The topological polar surface area (TPSA) is 0 Å². The fourth-order valence-electron chi connectivity index (χ4n) is 4.79. The van der Waals surface area contributed by atoms with E-state index in [0.29, 0.717) is 23.0 Å². The van der Waals surface area contributed by atoms with E-state index in [2.05, 4.69) is 51.6 Å². The van der Waals surface area contributed by atoms with E-state index >= 15 is 0 Å². The molecule has 0 saturated carbocycles. The van der Waals surface area contributed by atoms with Crippen molar-refractivity contribution in [2.75, 3.05) is 17.3 Å². The fourth-order valence-corrected chi connectivity index (χ4v) is 7.85. The predicted octanol–water partition coefficient (Wildman–Crippen LogP) is 8.79. The maximum atomic E-state index is 6.98. The minimum Gasteiger partial charge on any atom is -0.161 e. The molecule has 0 aliphatic carbocycles. The highest BCUT2D eigenvalue weighted by molar-refractivity contribution is 7.99. The van der Waals surface area contributed by atoms with Crippen molar-refractivity contribution >= 4 is 57.5 Å². The molecular weight excluding hydrogens is 411 g/mol. The van der Waals surface area contributed by atoms with Crippen molar-refractivity contribution in [2.24, 2.45) is 0 Å². The number of benzene rings is 2. The van der Waals surface area contributed by atoms with Gasteiger partial charge in [0.2, 0.25) is 0 Å². The van der Waals surface area contributed by atoms with Gasteiger partial charge in [-0.2, -0.15) is 23.5 Å². The summed E-state index contributed by atoms with van der Waals surface area (Å²) in [5.41, 5.74) is 5.51. The molecule has 4 unspecified atom stereocenters. The Hall–Kier alpha value is -0.0200. The molecule has 2 aromatic carbocycles. The van der Waals surface area contributed by atoms with Gasteiger partial charge in [-0.05, 0) is 94.2 Å². The van der Waals surface area contributed by atoms with Crippen LogP contribution in [0.25, 0.3) is 10.8 Å². The normalized spacial score (nSPS) is 28.8. The molecule has 2 aromatic rings. The van der Waals surface area contributed by atoms with E-state index in [4.69, 9.17) is 23.2 Å². The zero-order valence-corrected chi connectivity index (χ0v) is 19.7. The third kappa shape index (κ3) is 3.54. The second kappa shape index (κ2) is 8.01. The number of halogens is 2. The Morgan fingerprint density at radius 1 is 0.815 bits per heavy atom. The third-order valence-corrected chi connectivity index (χ3v) is 9.66. The lowest BCUT2D eigenvalue weighted by Gasteiger charge is -2.27. The molecule has 2 heterocycles. The molecule has 0 saturated heterocycles. The SMILES string of the molecule is CC1CCCSCC(C)c2c(Cl)cc3c4c(c(Cl)cc1c24)C(C)SCC3C. The van der Waals surface area contributed by atoms with Crippen LogP contribution in [-0.4, -0.2) is 17.3 Å². The Bertz CT molecular complexity index is 877. The number of hydrogen-bond acceptors (Lipinski definition) is 2. The van der Waals surface area contributed by atoms with Crippen LogP contribution >= 0.6 is 46.7 Å². The van der Waals surface area contributed by atoms with E-state index in [1.54, 1.807) is 0 Å². The lowest BCUT2D eigenvalue weighted by molar-refractivity contribution is 0.670. The smallest absolute Gasteiger partial charge is 0.0458 e. The van der Waals surface area contributed by atoms with Crippen LogP contribution < -0.4 is 0 Å². The monoisotopic (exact) mass is 438 g/mol. The van der Waals surface area contributed by atoms with Gasteiger partial charge in [-0.15, -0.1) is 0 Å². The summed E-state index contributed by atoms with van der Waals surface area (Å²) in [4.78, 5) is 0. The number of hydrogen-bond donors (Lipinski definition) is 0. The molecule has 2 aliphatic rings. The van der Waals surface area contributed by atoms with E-state index in [1.807, 2.05) is 11.8 Å². The van der Waals surface area contributed by atoms with Crippen molar-refractivity contribution < 1.29 is 0 Å². The molecule has 0 bridgehead atoms. The average Bonchev–Trinajstić information content (AvgIpc) is 2.75. The van der Waals surface area contributed by atoms with Crippen molar-refractivity contribution in [3.8, 4) is 0 Å². The van der Waals surface area contributed by atoms with Crippen LogP contribution in [0.3, 0.4) is 0 Å².